The highest BCUT2D eigenvalue weighted by Crippen LogP contribution is 2.20. The zero-order valence-electron chi connectivity index (χ0n) is 9.82. The maximum absolute atomic E-state index is 11.6. The van der Waals surface area contributed by atoms with Crippen LogP contribution in [0.2, 0.25) is 0 Å². The van der Waals surface area contributed by atoms with Gasteiger partial charge in [-0.2, -0.15) is 0 Å². The maximum Gasteiger partial charge on any atom is 0.411 e. The average molecular weight is 227 g/mol. The summed E-state index contributed by atoms with van der Waals surface area (Å²) in [6, 6.07) is 0. The van der Waals surface area contributed by atoms with Crippen LogP contribution in [0.25, 0.3) is 0 Å². The number of ether oxygens (including phenoxy) is 2. The van der Waals surface area contributed by atoms with Gasteiger partial charge in [0.05, 0.1) is 6.10 Å². The molecule has 1 amide bonds. The van der Waals surface area contributed by atoms with E-state index in [1.807, 2.05) is 0 Å². The van der Waals surface area contributed by atoms with Gasteiger partial charge in [-0.3, -0.25) is 0 Å². The smallest absolute Gasteiger partial charge is 0.411 e. The van der Waals surface area contributed by atoms with Gasteiger partial charge in [-0.25, -0.2) is 4.79 Å². The summed E-state index contributed by atoms with van der Waals surface area (Å²) in [5.41, 5.74) is 0. The van der Waals surface area contributed by atoms with E-state index in [2.05, 4.69) is 0 Å². The molecular weight excluding hydrogens is 206 g/mol. The zero-order chi connectivity index (χ0) is 11.2. The van der Waals surface area contributed by atoms with E-state index in [0.717, 1.165) is 38.8 Å². The monoisotopic (exact) mass is 227 g/mol. The summed E-state index contributed by atoms with van der Waals surface area (Å²) in [4.78, 5) is 13.4. The number of nitrogens with zero attached hydrogens (tertiary/aromatic N) is 1. The highest BCUT2D eigenvalue weighted by molar-refractivity contribution is 5.67. The molecule has 0 spiro atoms. The van der Waals surface area contributed by atoms with Gasteiger partial charge in [0.1, 0.15) is 0 Å². The van der Waals surface area contributed by atoms with E-state index < -0.39 is 0 Å². The fraction of sp³-hybridized carbons (Fsp3) is 0.917. The summed E-state index contributed by atoms with van der Waals surface area (Å²) >= 11 is 0. The molecule has 2 rings (SSSR count). The molecule has 0 N–H and O–H groups in total. The quantitative estimate of drug-likeness (QED) is 0.695. The second kappa shape index (κ2) is 6.09. The third-order valence-corrected chi connectivity index (χ3v) is 3.40. The van der Waals surface area contributed by atoms with E-state index in [0.29, 0.717) is 6.10 Å². The van der Waals surface area contributed by atoms with Crippen LogP contribution in [0.15, 0.2) is 0 Å². The van der Waals surface area contributed by atoms with Crippen molar-refractivity contribution in [2.75, 3.05) is 19.9 Å². The van der Waals surface area contributed by atoms with Crippen molar-refractivity contribution in [1.82, 2.24) is 4.90 Å². The van der Waals surface area contributed by atoms with Crippen LogP contribution < -0.4 is 0 Å². The van der Waals surface area contributed by atoms with Crippen LogP contribution in [0.5, 0.6) is 0 Å². The van der Waals surface area contributed by atoms with Crippen molar-refractivity contribution in [2.45, 2.75) is 51.0 Å². The van der Waals surface area contributed by atoms with Crippen molar-refractivity contribution in [3.05, 3.63) is 0 Å². The molecule has 0 atom stereocenters. The molecule has 2 fully saturated rings. The van der Waals surface area contributed by atoms with Gasteiger partial charge in [0, 0.05) is 13.1 Å². The van der Waals surface area contributed by atoms with Crippen molar-refractivity contribution >= 4 is 6.09 Å². The lowest BCUT2D eigenvalue weighted by atomic mass is 10.1. The Bertz CT molecular complexity index is 220. The number of amides is 1. The molecule has 0 aromatic heterocycles. The Balaban J connectivity index is 1.59. The van der Waals surface area contributed by atoms with Crippen molar-refractivity contribution in [3.8, 4) is 0 Å². The normalized spacial score (nSPS) is 22.4. The molecule has 1 saturated carbocycles. The molecule has 2 aliphatic rings. The maximum atomic E-state index is 11.6. The first kappa shape index (κ1) is 11.7. The number of carbonyl (C=O) groups excluding carboxylic acids is 1. The van der Waals surface area contributed by atoms with Crippen molar-refractivity contribution in [1.29, 1.82) is 0 Å². The van der Waals surface area contributed by atoms with E-state index in [1.54, 1.807) is 4.90 Å². The first-order valence-electron chi connectivity index (χ1n) is 6.39. The molecule has 0 aromatic rings. The minimum atomic E-state index is -0.210. The predicted octanol–water partition coefficient (Wildman–Crippen LogP) is 2.53. The Morgan fingerprint density at radius 3 is 2.44 bits per heavy atom. The van der Waals surface area contributed by atoms with Crippen LogP contribution in [0.1, 0.15) is 44.9 Å². The van der Waals surface area contributed by atoms with Crippen LogP contribution in [-0.2, 0) is 9.47 Å². The molecule has 4 heteroatoms. The lowest BCUT2D eigenvalue weighted by Crippen LogP contribution is -2.36. The van der Waals surface area contributed by atoms with Crippen LogP contribution in [0.4, 0.5) is 4.79 Å². The minimum absolute atomic E-state index is 0.125. The second-order valence-corrected chi connectivity index (χ2v) is 4.65. The zero-order valence-corrected chi connectivity index (χ0v) is 9.82. The van der Waals surface area contributed by atoms with Gasteiger partial charge in [-0.1, -0.05) is 12.8 Å². The Morgan fingerprint density at radius 1 is 1.06 bits per heavy atom. The molecule has 1 aliphatic carbocycles. The Morgan fingerprint density at radius 2 is 1.75 bits per heavy atom. The lowest BCUT2D eigenvalue weighted by Gasteiger charge is -2.25. The molecule has 16 heavy (non-hydrogen) atoms. The van der Waals surface area contributed by atoms with Crippen LogP contribution in [0.3, 0.4) is 0 Å². The molecule has 0 bridgehead atoms. The number of likely N-dealkylation sites (tertiary alicyclic amines) is 1. The van der Waals surface area contributed by atoms with Gasteiger partial charge in [0.25, 0.3) is 0 Å². The summed E-state index contributed by atoms with van der Waals surface area (Å²) in [5.74, 6) is 0. The highest BCUT2D eigenvalue weighted by Gasteiger charge is 2.19. The molecule has 1 aliphatic heterocycles. The molecule has 0 aromatic carbocycles. The van der Waals surface area contributed by atoms with Crippen LogP contribution >= 0.6 is 0 Å². The van der Waals surface area contributed by atoms with Gasteiger partial charge in [0.15, 0.2) is 6.79 Å². The summed E-state index contributed by atoms with van der Waals surface area (Å²) in [6.07, 6.45) is 8.23. The summed E-state index contributed by atoms with van der Waals surface area (Å²) in [5, 5.41) is 0. The van der Waals surface area contributed by atoms with Crippen molar-refractivity contribution in [2.24, 2.45) is 0 Å². The van der Waals surface area contributed by atoms with E-state index >= 15 is 0 Å². The number of hydrogen-bond acceptors (Lipinski definition) is 3. The van der Waals surface area contributed by atoms with Crippen LogP contribution in [-0.4, -0.2) is 37.0 Å². The summed E-state index contributed by atoms with van der Waals surface area (Å²) < 4.78 is 10.6. The number of carbonyl (C=O) groups is 1. The first-order chi connectivity index (χ1) is 7.86. The third kappa shape index (κ3) is 3.37. The van der Waals surface area contributed by atoms with Gasteiger partial charge >= 0.3 is 6.09 Å². The summed E-state index contributed by atoms with van der Waals surface area (Å²) in [7, 11) is 0. The van der Waals surface area contributed by atoms with Gasteiger partial charge < -0.3 is 14.4 Å². The highest BCUT2D eigenvalue weighted by atomic mass is 16.7. The molecule has 4 nitrogen and oxygen atoms in total. The largest absolute Gasteiger partial charge is 0.422 e. The summed E-state index contributed by atoms with van der Waals surface area (Å²) in [6.45, 7) is 1.80. The van der Waals surface area contributed by atoms with E-state index in [-0.39, 0.29) is 12.9 Å². The Kier molecular flexibility index (Phi) is 4.45. The fourth-order valence-electron chi connectivity index (χ4n) is 2.40. The Hall–Kier alpha value is -0.770. The fourth-order valence-corrected chi connectivity index (χ4v) is 2.40. The van der Waals surface area contributed by atoms with Gasteiger partial charge in [-0.15, -0.1) is 0 Å². The third-order valence-electron chi connectivity index (χ3n) is 3.40. The molecule has 0 radical (unpaired) electrons. The predicted molar refractivity (Wildman–Crippen MR) is 60.1 cm³/mol. The molecule has 0 unspecified atom stereocenters. The lowest BCUT2D eigenvalue weighted by molar-refractivity contribution is -0.0632. The van der Waals surface area contributed by atoms with Gasteiger partial charge in [0.2, 0.25) is 0 Å². The standard InChI is InChI=1S/C12H21NO3/c14-12(13-8-4-1-5-9-13)16-10-15-11-6-2-3-7-11/h11H,1-10H2. The SMILES string of the molecule is O=C(OCOC1CCCC1)N1CCCCC1. The number of hydrogen-bond donors (Lipinski definition) is 0. The minimum Gasteiger partial charge on any atom is -0.422 e. The Labute approximate surface area is 96.9 Å². The van der Waals surface area contributed by atoms with E-state index in [4.69, 9.17) is 9.47 Å². The van der Waals surface area contributed by atoms with E-state index in [9.17, 15) is 4.79 Å². The van der Waals surface area contributed by atoms with Gasteiger partial charge in [-0.05, 0) is 32.1 Å². The molecule has 92 valence electrons. The second-order valence-electron chi connectivity index (χ2n) is 4.65. The first-order valence-corrected chi connectivity index (χ1v) is 6.39. The number of piperidine rings is 1. The van der Waals surface area contributed by atoms with E-state index in [1.165, 1.54) is 19.3 Å². The average Bonchev–Trinajstić information content (AvgIpc) is 2.83. The molecule has 1 heterocycles. The van der Waals surface area contributed by atoms with Crippen molar-refractivity contribution in [3.63, 3.8) is 0 Å². The number of rotatable bonds is 3. The molecule has 1 saturated heterocycles. The molecular formula is C12H21NO3. The van der Waals surface area contributed by atoms with Crippen molar-refractivity contribution < 1.29 is 14.3 Å². The van der Waals surface area contributed by atoms with Crippen LogP contribution in [0, 0.1) is 0 Å². The topological polar surface area (TPSA) is 38.8 Å².